The van der Waals surface area contributed by atoms with Crippen LogP contribution in [0.2, 0.25) is 0 Å². The van der Waals surface area contributed by atoms with Crippen LogP contribution < -0.4 is 10.2 Å². The molecule has 2 heterocycles. The van der Waals surface area contributed by atoms with Crippen molar-refractivity contribution in [3.8, 4) is 0 Å². The summed E-state index contributed by atoms with van der Waals surface area (Å²) in [6, 6.07) is 5.27. The van der Waals surface area contributed by atoms with Gasteiger partial charge in [-0.15, -0.1) is 11.3 Å². The molecule has 4 nitrogen and oxygen atoms in total. The van der Waals surface area contributed by atoms with Crippen molar-refractivity contribution in [2.75, 3.05) is 24.3 Å². The van der Waals surface area contributed by atoms with E-state index in [1.165, 1.54) is 13.1 Å². The Labute approximate surface area is 124 Å². The van der Waals surface area contributed by atoms with Crippen molar-refractivity contribution in [1.29, 1.82) is 0 Å². The fourth-order valence-electron chi connectivity index (χ4n) is 1.79. The third kappa shape index (κ3) is 3.44. The molecule has 0 aliphatic rings. The second-order valence-corrected chi connectivity index (χ2v) is 5.46. The van der Waals surface area contributed by atoms with Crippen LogP contribution in [-0.2, 0) is 6.18 Å². The first-order chi connectivity index (χ1) is 9.82. The zero-order valence-electron chi connectivity index (χ0n) is 11.8. The van der Waals surface area contributed by atoms with Crippen molar-refractivity contribution < 1.29 is 13.2 Å². The Morgan fingerprint density at radius 3 is 2.57 bits per heavy atom. The van der Waals surface area contributed by atoms with E-state index in [2.05, 4.69) is 15.3 Å². The lowest BCUT2D eigenvalue weighted by Crippen LogP contribution is -2.24. The Kier molecular flexibility index (Phi) is 4.36. The summed E-state index contributed by atoms with van der Waals surface area (Å²) in [6.07, 6.45) is -4.57. The maximum atomic E-state index is 12.9. The first-order valence-electron chi connectivity index (χ1n) is 6.23. The van der Waals surface area contributed by atoms with E-state index in [1.807, 2.05) is 24.4 Å². The van der Waals surface area contributed by atoms with E-state index >= 15 is 0 Å². The average Bonchev–Trinajstić information content (AvgIpc) is 2.98. The zero-order valence-corrected chi connectivity index (χ0v) is 12.6. The van der Waals surface area contributed by atoms with E-state index in [1.54, 1.807) is 23.3 Å². The van der Waals surface area contributed by atoms with Gasteiger partial charge in [-0.2, -0.15) is 13.2 Å². The quantitative estimate of drug-likeness (QED) is 0.931. The number of hydrogen-bond acceptors (Lipinski definition) is 5. The summed E-state index contributed by atoms with van der Waals surface area (Å²) >= 11 is 1.55. The van der Waals surface area contributed by atoms with Gasteiger partial charge in [-0.25, -0.2) is 9.97 Å². The van der Waals surface area contributed by atoms with Crippen LogP contribution in [0.1, 0.15) is 23.7 Å². The normalized spacial score (nSPS) is 13.0. The molecular formula is C13H15F3N4S. The lowest BCUT2D eigenvalue weighted by Gasteiger charge is -2.26. The summed E-state index contributed by atoms with van der Waals surface area (Å²) in [7, 11) is 3.24. The van der Waals surface area contributed by atoms with Gasteiger partial charge in [-0.05, 0) is 18.4 Å². The molecule has 0 spiro atoms. The largest absolute Gasteiger partial charge is 0.451 e. The van der Waals surface area contributed by atoms with Gasteiger partial charge < -0.3 is 10.2 Å². The standard InChI is InChI=1S/C13H15F3N4S/c1-8(9-5-4-6-21-9)20(3)11-7-10(17-2)18-12(19-11)13(14,15)16/h4-8H,1-3H3,(H,17,18,19). The second kappa shape index (κ2) is 5.88. The Morgan fingerprint density at radius 1 is 1.33 bits per heavy atom. The van der Waals surface area contributed by atoms with Crippen LogP contribution in [0.3, 0.4) is 0 Å². The Hall–Kier alpha value is -1.83. The number of nitrogens with one attached hydrogen (secondary N) is 1. The van der Waals surface area contributed by atoms with Crippen molar-refractivity contribution in [2.45, 2.75) is 19.1 Å². The van der Waals surface area contributed by atoms with Crippen molar-refractivity contribution in [1.82, 2.24) is 9.97 Å². The molecule has 0 aliphatic heterocycles. The summed E-state index contributed by atoms with van der Waals surface area (Å²) in [5.41, 5.74) is 0. The predicted molar refractivity (Wildman–Crippen MR) is 77.7 cm³/mol. The smallest absolute Gasteiger partial charge is 0.373 e. The molecule has 1 N–H and O–H groups in total. The van der Waals surface area contributed by atoms with Gasteiger partial charge in [0.2, 0.25) is 5.82 Å². The minimum atomic E-state index is -4.57. The Balaban J connectivity index is 2.38. The van der Waals surface area contributed by atoms with Gasteiger partial charge >= 0.3 is 6.18 Å². The number of nitrogens with zero attached hydrogens (tertiary/aromatic N) is 3. The Bertz CT molecular complexity index is 598. The first kappa shape index (κ1) is 15.6. The number of rotatable bonds is 4. The predicted octanol–water partition coefficient (Wildman–Crippen LogP) is 3.80. The van der Waals surface area contributed by atoms with E-state index in [-0.39, 0.29) is 17.7 Å². The summed E-state index contributed by atoms with van der Waals surface area (Å²) in [5, 5.41) is 4.56. The topological polar surface area (TPSA) is 41.0 Å². The molecule has 0 fully saturated rings. The van der Waals surface area contributed by atoms with Crippen molar-refractivity contribution >= 4 is 23.0 Å². The molecule has 2 aromatic heterocycles. The molecule has 1 unspecified atom stereocenters. The van der Waals surface area contributed by atoms with Crippen LogP contribution in [0.5, 0.6) is 0 Å². The SMILES string of the molecule is CNc1cc(N(C)C(C)c2cccs2)nc(C(F)(F)F)n1. The highest BCUT2D eigenvalue weighted by Gasteiger charge is 2.36. The highest BCUT2D eigenvalue weighted by Crippen LogP contribution is 2.32. The fourth-order valence-corrected chi connectivity index (χ4v) is 2.61. The molecule has 0 aromatic carbocycles. The van der Waals surface area contributed by atoms with Gasteiger partial charge in [0, 0.05) is 25.0 Å². The average molecular weight is 316 g/mol. The maximum Gasteiger partial charge on any atom is 0.451 e. The first-order valence-corrected chi connectivity index (χ1v) is 7.11. The Morgan fingerprint density at radius 2 is 2.05 bits per heavy atom. The summed E-state index contributed by atoms with van der Waals surface area (Å²) in [6.45, 7) is 1.92. The molecule has 114 valence electrons. The number of halogens is 3. The molecule has 0 amide bonds. The number of anilines is 2. The third-order valence-corrected chi connectivity index (χ3v) is 4.16. The van der Waals surface area contributed by atoms with Crippen molar-refractivity contribution in [3.05, 3.63) is 34.3 Å². The molecule has 2 aromatic rings. The highest BCUT2D eigenvalue weighted by molar-refractivity contribution is 7.10. The van der Waals surface area contributed by atoms with Gasteiger partial charge in [0.25, 0.3) is 0 Å². The number of hydrogen-bond donors (Lipinski definition) is 1. The highest BCUT2D eigenvalue weighted by atomic mass is 32.1. The van der Waals surface area contributed by atoms with Crippen molar-refractivity contribution in [2.24, 2.45) is 0 Å². The summed E-state index contributed by atoms with van der Waals surface area (Å²) in [5.74, 6) is -0.783. The monoisotopic (exact) mass is 316 g/mol. The van der Waals surface area contributed by atoms with Crippen LogP contribution in [0.25, 0.3) is 0 Å². The van der Waals surface area contributed by atoms with Gasteiger partial charge in [0.05, 0.1) is 6.04 Å². The molecule has 0 saturated carbocycles. The van der Waals surface area contributed by atoms with E-state index in [0.29, 0.717) is 0 Å². The van der Waals surface area contributed by atoms with E-state index < -0.39 is 12.0 Å². The molecule has 0 bridgehead atoms. The molecule has 21 heavy (non-hydrogen) atoms. The maximum absolute atomic E-state index is 12.9. The van der Waals surface area contributed by atoms with E-state index in [0.717, 1.165) is 4.88 Å². The minimum Gasteiger partial charge on any atom is -0.373 e. The van der Waals surface area contributed by atoms with Gasteiger partial charge in [0.1, 0.15) is 11.6 Å². The van der Waals surface area contributed by atoms with Gasteiger partial charge in [-0.1, -0.05) is 6.07 Å². The summed E-state index contributed by atoms with van der Waals surface area (Å²) in [4.78, 5) is 9.84. The fraction of sp³-hybridized carbons (Fsp3) is 0.385. The lowest BCUT2D eigenvalue weighted by atomic mass is 10.2. The van der Waals surface area contributed by atoms with E-state index in [4.69, 9.17) is 0 Å². The molecule has 0 aliphatic carbocycles. The number of alkyl halides is 3. The molecule has 8 heteroatoms. The lowest BCUT2D eigenvalue weighted by molar-refractivity contribution is -0.144. The minimum absolute atomic E-state index is 0.0781. The van der Waals surface area contributed by atoms with E-state index in [9.17, 15) is 13.2 Å². The van der Waals surface area contributed by atoms with Crippen molar-refractivity contribution in [3.63, 3.8) is 0 Å². The van der Waals surface area contributed by atoms with Gasteiger partial charge in [0.15, 0.2) is 0 Å². The zero-order chi connectivity index (χ0) is 15.6. The number of thiophene rings is 1. The van der Waals surface area contributed by atoms with Crippen LogP contribution in [-0.4, -0.2) is 24.1 Å². The third-order valence-electron chi connectivity index (χ3n) is 3.12. The molecule has 2 rings (SSSR count). The van der Waals surface area contributed by atoms with Crippen LogP contribution in [0, 0.1) is 0 Å². The molecule has 1 atom stereocenters. The number of aromatic nitrogens is 2. The molecular weight excluding hydrogens is 301 g/mol. The van der Waals surface area contributed by atoms with Crippen LogP contribution in [0.4, 0.5) is 24.8 Å². The molecule has 0 radical (unpaired) electrons. The molecule has 0 saturated heterocycles. The van der Waals surface area contributed by atoms with Crippen LogP contribution in [0.15, 0.2) is 23.6 Å². The van der Waals surface area contributed by atoms with Crippen LogP contribution >= 0.6 is 11.3 Å². The second-order valence-electron chi connectivity index (χ2n) is 4.49. The summed E-state index contributed by atoms with van der Waals surface area (Å²) < 4.78 is 38.6. The van der Waals surface area contributed by atoms with Gasteiger partial charge in [-0.3, -0.25) is 0 Å².